The molecule has 1 aliphatic heterocycles. The maximum atomic E-state index is 12.8. The van der Waals surface area contributed by atoms with E-state index in [0.717, 1.165) is 64.2 Å². The molecule has 1 rings (SSSR count). The molecule has 0 bridgehead atoms. The van der Waals surface area contributed by atoms with E-state index in [1.165, 1.54) is 96.3 Å². The summed E-state index contributed by atoms with van der Waals surface area (Å²) in [5.41, 5.74) is 0. The molecule has 4 N–H and O–H groups in total. The van der Waals surface area contributed by atoms with Gasteiger partial charge in [0.1, 0.15) is 31.0 Å². The molecule has 0 radical (unpaired) electrons. The Bertz CT molecular complexity index is 1030. The van der Waals surface area contributed by atoms with E-state index in [-0.39, 0.29) is 32.0 Å². The minimum atomic E-state index is -1.60. The fourth-order valence-corrected chi connectivity index (χ4v) is 6.82. The molecule has 332 valence electrons. The Balaban J connectivity index is 2.33. The number of ether oxygens (including phenoxy) is 4. The maximum absolute atomic E-state index is 12.8. The predicted octanol–water partition coefficient (Wildman–Crippen LogP) is 9.89. The third kappa shape index (κ3) is 29.7. The summed E-state index contributed by atoms with van der Waals surface area (Å²) in [4.78, 5) is 25.3. The Hall–Kier alpha value is -2.08. The third-order valence-corrected chi connectivity index (χ3v) is 10.5. The van der Waals surface area contributed by atoms with Crippen LogP contribution in [-0.4, -0.2) is 89.0 Å². The van der Waals surface area contributed by atoms with Crippen molar-refractivity contribution < 1.29 is 49.0 Å². The van der Waals surface area contributed by atoms with Gasteiger partial charge in [-0.25, -0.2) is 0 Å². The van der Waals surface area contributed by atoms with Gasteiger partial charge in [0.15, 0.2) is 12.4 Å². The van der Waals surface area contributed by atoms with Crippen molar-refractivity contribution in [3.05, 3.63) is 36.5 Å². The van der Waals surface area contributed by atoms with Crippen LogP contribution >= 0.6 is 0 Å². The van der Waals surface area contributed by atoms with Gasteiger partial charge in [-0.05, 0) is 64.2 Å². The predicted molar refractivity (Wildman–Crippen MR) is 229 cm³/mol. The van der Waals surface area contributed by atoms with Crippen molar-refractivity contribution in [1.82, 2.24) is 0 Å². The second-order valence-electron chi connectivity index (χ2n) is 15.9. The summed E-state index contributed by atoms with van der Waals surface area (Å²) in [6, 6.07) is 0. The van der Waals surface area contributed by atoms with E-state index in [2.05, 4.69) is 50.3 Å². The number of carbonyl (C=O) groups excluding carboxylic acids is 2. The Morgan fingerprint density at radius 2 is 0.982 bits per heavy atom. The van der Waals surface area contributed by atoms with E-state index in [4.69, 9.17) is 18.9 Å². The first-order chi connectivity index (χ1) is 27.8. The normalized spacial score (nSPS) is 20.6. The van der Waals surface area contributed by atoms with Crippen molar-refractivity contribution in [3.8, 4) is 0 Å². The summed E-state index contributed by atoms with van der Waals surface area (Å²) in [5.74, 6) is -0.824. The van der Waals surface area contributed by atoms with Crippen molar-refractivity contribution in [2.24, 2.45) is 0 Å². The first-order valence-corrected chi connectivity index (χ1v) is 23.1. The molecule has 10 nitrogen and oxygen atoms in total. The van der Waals surface area contributed by atoms with Crippen LogP contribution in [0.15, 0.2) is 36.5 Å². The van der Waals surface area contributed by atoms with Gasteiger partial charge in [0.25, 0.3) is 0 Å². The first-order valence-electron chi connectivity index (χ1n) is 23.1. The lowest BCUT2D eigenvalue weighted by atomic mass is 9.99. The van der Waals surface area contributed by atoms with E-state index in [9.17, 15) is 30.0 Å². The Labute approximate surface area is 346 Å². The van der Waals surface area contributed by atoms with Crippen LogP contribution in [-0.2, 0) is 28.5 Å². The summed E-state index contributed by atoms with van der Waals surface area (Å²) in [6.07, 6.45) is 35.7. The standard InChI is InChI=1S/C47H84O10/c1-3-5-7-9-11-13-15-17-19-20-22-23-25-27-29-31-33-35-42(49)54-38-40(39-55-47-46(53)45(52)44(51)41(37-48)57-47)56-43(50)36-34-32-30-28-26-24-21-18-16-14-12-10-8-6-4-2/h13-16,18,21,40-41,44-48,51-53H,3-12,17,19-20,22-39H2,1-2H3/b15-13+,16-14+,21-18+/t40-,41-,44+,45?,46?,47-/m0/s1. The van der Waals surface area contributed by atoms with Crippen LogP contribution in [0, 0.1) is 0 Å². The lowest BCUT2D eigenvalue weighted by Crippen LogP contribution is -2.59. The summed E-state index contributed by atoms with van der Waals surface area (Å²) < 4.78 is 22.2. The first kappa shape index (κ1) is 52.9. The van der Waals surface area contributed by atoms with E-state index in [1.807, 2.05) is 0 Å². The van der Waals surface area contributed by atoms with Crippen LogP contribution in [0.1, 0.15) is 194 Å². The highest BCUT2D eigenvalue weighted by Gasteiger charge is 2.44. The summed E-state index contributed by atoms with van der Waals surface area (Å²) in [5, 5.41) is 40.1. The van der Waals surface area contributed by atoms with Crippen LogP contribution in [0.2, 0.25) is 0 Å². The highest BCUT2D eigenvalue weighted by atomic mass is 16.7. The fraction of sp³-hybridized carbons (Fsp3) is 0.830. The molecule has 1 fully saturated rings. The summed E-state index contributed by atoms with van der Waals surface area (Å²) >= 11 is 0. The zero-order chi connectivity index (χ0) is 41.6. The highest BCUT2D eigenvalue weighted by Crippen LogP contribution is 2.22. The minimum Gasteiger partial charge on any atom is -0.462 e. The second-order valence-corrected chi connectivity index (χ2v) is 15.9. The van der Waals surface area contributed by atoms with Crippen LogP contribution in [0.3, 0.4) is 0 Å². The Kier molecular flexibility index (Phi) is 35.4. The molecule has 2 unspecified atom stereocenters. The van der Waals surface area contributed by atoms with Gasteiger partial charge in [-0.1, -0.05) is 153 Å². The van der Waals surface area contributed by atoms with Gasteiger partial charge in [-0.15, -0.1) is 0 Å². The van der Waals surface area contributed by atoms with Crippen molar-refractivity contribution in [2.75, 3.05) is 19.8 Å². The molecule has 0 aromatic rings. The molecule has 0 aliphatic carbocycles. The zero-order valence-electron chi connectivity index (χ0n) is 36.1. The summed E-state index contributed by atoms with van der Waals surface area (Å²) in [6.45, 7) is 3.38. The molecule has 6 atom stereocenters. The quantitative estimate of drug-likeness (QED) is 0.0205. The van der Waals surface area contributed by atoms with Gasteiger partial charge in [0.2, 0.25) is 0 Å². The number of aliphatic hydroxyl groups is 4. The number of aliphatic hydroxyl groups excluding tert-OH is 4. The Morgan fingerprint density at radius 1 is 0.544 bits per heavy atom. The molecule has 1 aliphatic rings. The van der Waals surface area contributed by atoms with Gasteiger partial charge in [-0.2, -0.15) is 0 Å². The van der Waals surface area contributed by atoms with Gasteiger partial charge < -0.3 is 39.4 Å². The molecule has 0 aromatic carbocycles. The monoisotopic (exact) mass is 809 g/mol. The van der Waals surface area contributed by atoms with Gasteiger partial charge in [0, 0.05) is 12.8 Å². The molecular weight excluding hydrogens is 725 g/mol. The van der Waals surface area contributed by atoms with Crippen molar-refractivity contribution in [3.63, 3.8) is 0 Å². The number of carbonyl (C=O) groups is 2. The molecule has 0 spiro atoms. The topological polar surface area (TPSA) is 152 Å². The average Bonchev–Trinajstić information content (AvgIpc) is 3.21. The van der Waals surface area contributed by atoms with Gasteiger partial charge >= 0.3 is 11.9 Å². The molecule has 0 amide bonds. The zero-order valence-corrected chi connectivity index (χ0v) is 36.1. The maximum Gasteiger partial charge on any atom is 0.306 e. The largest absolute Gasteiger partial charge is 0.462 e. The number of esters is 2. The second kappa shape index (κ2) is 38.1. The molecule has 1 heterocycles. The molecule has 0 saturated carbocycles. The molecule has 0 aromatic heterocycles. The summed E-state index contributed by atoms with van der Waals surface area (Å²) in [7, 11) is 0. The molecule has 10 heteroatoms. The van der Waals surface area contributed by atoms with Crippen LogP contribution in [0.4, 0.5) is 0 Å². The van der Waals surface area contributed by atoms with Crippen molar-refractivity contribution in [1.29, 1.82) is 0 Å². The van der Waals surface area contributed by atoms with Crippen molar-refractivity contribution in [2.45, 2.75) is 230 Å². The molecule has 57 heavy (non-hydrogen) atoms. The van der Waals surface area contributed by atoms with E-state index >= 15 is 0 Å². The smallest absolute Gasteiger partial charge is 0.306 e. The number of hydrogen-bond acceptors (Lipinski definition) is 10. The minimum absolute atomic E-state index is 0.212. The SMILES string of the molecule is CCCCCC/C=C/C=C/CCCCCCCC(=O)O[C@@H](COC(=O)CCCCCCCCCCC/C=C/CCCCCC)CO[C@H]1O[C@@H](CO)[C@@H](O)C(O)C1O. The molecule has 1 saturated heterocycles. The number of unbranched alkanes of at least 4 members (excludes halogenated alkanes) is 22. The van der Waals surface area contributed by atoms with E-state index in [1.54, 1.807) is 0 Å². The van der Waals surface area contributed by atoms with E-state index < -0.39 is 49.4 Å². The number of hydrogen-bond donors (Lipinski definition) is 4. The van der Waals surface area contributed by atoms with Crippen molar-refractivity contribution >= 4 is 11.9 Å². The van der Waals surface area contributed by atoms with E-state index in [0.29, 0.717) is 6.42 Å². The van der Waals surface area contributed by atoms with Crippen LogP contribution in [0.25, 0.3) is 0 Å². The van der Waals surface area contributed by atoms with Gasteiger partial charge in [-0.3, -0.25) is 9.59 Å². The Morgan fingerprint density at radius 3 is 1.47 bits per heavy atom. The van der Waals surface area contributed by atoms with Gasteiger partial charge in [0.05, 0.1) is 13.2 Å². The molecular formula is C47H84O10. The van der Waals surface area contributed by atoms with Crippen LogP contribution in [0.5, 0.6) is 0 Å². The highest BCUT2D eigenvalue weighted by molar-refractivity contribution is 5.70. The fourth-order valence-electron chi connectivity index (χ4n) is 6.82. The number of allylic oxidation sites excluding steroid dienone is 6. The van der Waals surface area contributed by atoms with Crippen LogP contribution < -0.4 is 0 Å². The average molecular weight is 809 g/mol. The number of rotatable bonds is 38. The lowest BCUT2D eigenvalue weighted by Gasteiger charge is -2.39. The lowest BCUT2D eigenvalue weighted by molar-refractivity contribution is -0.305. The third-order valence-electron chi connectivity index (χ3n) is 10.5.